The van der Waals surface area contributed by atoms with Crippen LogP contribution in [0.1, 0.15) is 0 Å². The minimum absolute atomic E-state index is 0.692. The van der Waals surface area contributed by atoms with E-state index in [4.69, 9.17) is 14.4 Å². The molecule has 10 rings (SSSR count). The second kappa shape index (κ2) is 11.9. The quantitative estimate of drug-likeness (QED) is 0.186. The van der Waals surface area contributed by atoms with E-state index >= 15 is 0 Å². The number of benzene rings is 8. The van der Waals surface area contributed by atoms with Crippen molar-refractivity contribution >= 4 is 43.5 Å². The molecular weight excluding hydrogens is 621 g/mol. The van der Waals surface area contributed by atoms with Crippen molar-refractivity contribution in [2.24, 2.45) is 0 Å². The number of hydrogen-bond donors (Lipinski definition) is 0. The molecule has 0 saturated carbocycles. The van der Waals surface area contributed by atoms with Crippen molar-refractivity contribution < 1.29 is 4.42 Å². The Labute approximate surface area is 295 Å². The Kier molecular flexibility index (Phi) is 6.81. The number of rotatable bonds is 5. The molecule has 8 aromatic carbocycles. The van der Waals surface area contributed by atoms with Crippen LogP contribution in [-0.4, -0.2) is 9.97 Å². The zero-order valence-electron chi connectivity index (χ0n) is 27.6. The first-order chi connectivity index (χ1) is 25.2. The Balaban J connectivity index is 1.23. The highest BCUT2D eigenvalue weighted by molar-refractivity contribution is 6.12. The van der Waals surface area contributed by atoms with E-state index in [1.54, 1.807) is 0 Å². The zero-order valence-corrected chi connectivity index (χ0v) is 27.6. The molecule has 0 atom stereocenters. The summed E-state index contributed by atoms with van der Waals surface area (Å²) < 4.78 is 6.33. The summed E-state index contributed by atoms with van der Waals surface area (Å²) in [5.74, 6) is 0.692. The summed E-state index contributed by atoms with van der Waals surface area (Å²) >= 11 is 0. The highest BCUT2D eigenvalue weighted by Crippen LogP contribution is 2.40. The van der Waals surface area contributed by atoms with Gasteiger partial charge in [0.25, 0.3) is 0 Å². The van der Waals surface area contributed by atoms with Gasteiger partial charge in [-0.2, -0.15) is 0 Å². The average molecular weight is 651 g/mol. The molecule has 0 N–H and O–H groups in total. The molecule has 0 amide bonds. The van der Waals surface area contributed by atoms with Crippen molar-refractivity contribution in [2.75, 3.05) is 0 Å². The maximum absolute atomic E-state index is 6.33. The molecule has 51 heavy (non-hydrogen) atoms. The van der Waals surface area contributed by atoms with Gasteiger partial charge in [-0.05, 0) is 92.3 Å². The van der Waals surface area contributed by atoms with Crippen LogP contribution in [-0.2, 0) is 0 Å². The molecule has 0 saturated heterocycles. The Morgan fingerprint density at radius 1 is 0.333 bits per heavy atom. The Hall–Kier alpha value is -6.84. The third kappa shape index (κ3) is 5.24. The predicted molar refractivity (Wildman–Crippen MR) is 212 cm³/mol. The molecule has 10 aromatic rings. The highest BCUT2D eigenvalue weighted by Gasteiger charge is 2.17. The van der Waals surface area contributed by atoms with Crippen molar-refractivity contribution in [3.05, 3.63) is 182 Å². The van der Waals surface area contributed by atoms with E-state index in [0.29, 0.717) is 5.82 Å². The molecule has 0 bridgehead atoms. The molecule has 0 fully saturated rings. The fraction of sp³-hybridized carbons (Fsp3) is 0. The Morgan fingerprint density at radius 2 is 0.922 bits per heavy atom. The fourth-order valence-corrected chi connectivity index (χ4v) is 7.29. The lowest BCUT2D eigenvalue weighted by molar-refractivity contribution is 0.669. The van der Waals surface area contributed by atoms with Crippen LogP contribution in [0.5, 0.6) is 0 Å². The maximum atomic E-state index is 6.33. The van der Waals surface area contributed by atoms with Gasteiger partial charge in [0.1, 0.15) is 11.2 Å². The maximum Gasteiger partial charge on any atom is 0.160 e. The SMILES string of the molecule is c1ccc(-c2nc(-c3cc(-c4ccc5ccccc5c4)cc(-c4cccc5oc6ccccc6c45)c3)cc(-c3ccc4ccccc4c3)n2)cc1. The molecule has 2 heterocycles. The molecular formula is C48H30N2O. The van der Waals surface area contributed by atoms with Gasteiger partial charge in [-0.25, -0.2) is 9.97 Å². The van der Waals surface area contributed by atoms with Crippen LogP contribution in [0.3, 0.4) is 0 Å². The number of para-hydroxylation sites is 1. The summed E-state index contributed by atoms with van der Waals surface area (Å²) in [7, 11) is 0. The molecule has 238 valence electrons. The summed E-state index contributed by atoms with van der Waals surface area (Å²) in [6.45, 7) is 0. The molecule has 0 aliphatic carbocycles. The smallest absolute Gasteiger partial charge is 0.160 e. The molecule has 0 spiro atoms. The van der Waals surface area contributed by atoms with E-state index in [1.165, 1.54) is 21.5 Å². The number of hydrogen-bond acceptors (Lipinski definition) is 3. The number of furan rings is 1. The summed E-state index contributed by atoms with van der Waals surface area (Å²) in [6.07, 6.45) is 0. The van der Waals surface area contributed by atoms with Gasteiger partial charge in [0.15, 0.2) is 5.82 Å². The molecule has 0 aliphatic heterocycles. The average Bonchev–Trinajstić information content (AvgIpc) is 3.59. The van der Waals surface area contributed by atoms with E-state index in [9.17, 15) is 0 Å². The molecule has 0 radical (unpaired) electrons. The van der Waals surface area contributed by atoms with E-state index < -0.39 is 0 Å². The van der Waals surface area contributed by atoms with Gasteiger partial charge in [0.2, 0.25) is 0 Å². The monoisotopic (exact) mass is 650 g/mol. The van der Waals surface area contributed by atoms with Crippen LogP contribution in [0.25, 0.3) is 99.6 Å². The van der Waals surface area contributed by atoms with E-state index in [1.807, 2.05) is 30.3 Å². The summed E-state index contributed by atoms with van der Waals surface area (Å²) in [5.41, 5.74) is 11.0. The van der Waals surface area contributed by atoms with Crippen molar-refractivity contribution in [1.29, 1.82) is 0 Å². The largest absolute Gasteiger partial charge is 0.456 e. The normalized spacial score (nSPS) is 11.5. The third-order valence-corrected chi connectivity index (χ3v) is 9.83. The molecule has 0 aliphatic rings. The number of aromatic nitrogens is 2. The van der Waals surface area contributed by atoms with Crippen LogP contribution in [0, 0.1) is 0 Å². The molecule has 3 nitrogen and oxygen atoms in total. The van der Waals surface area contributed by atoms with Crippen LogP contribution in [0.15, 0.2) is 186 Å². The van der Waals surface area contributed by atoms with Crippen LogP contribution in [0.2, 0.25) is 0 Å². The van der Waals surface area contributed by atoms with Crippen molar-refractivity contribution in [3.63, 3.8) is 0 Å². The van der Waals surface area contributed by atoms with Gasteiger partial charge in [0.05, 0.1) is 11.4 Å². The molecule has 0 unspecified atom stereocenters. The summed E-state index contributed by atoms with van der Waals surface area (Å²) in [4.78, 5) is 10.4. The third-order valence-electron chi connectivity index (χ3n) is 9.83. The first kappa shape index (κ1) is 29.1. The molecule has 2 aromatic heterocycles. The van der Waals surface area contributed by atoms with E-state index in [0.717, 1.165) is 72.3 Å². The zero-order chi connectivity index (χ0) is 33.7. The van der Waals surface area contributed by atoms with Gasteiger partial charge in [-0.15, -0.1) is 0 Å². The van der Waals surface area contributed by atoms with E-state index in [-0.39, 0.29) is 0 Å². The lowest BCUT2D eigenvalue weighted by atomic mass is 9.92. The summed E-state index contributed by atoms with van der Waals surface area (Å²) in [5, 5.41) is 7.02. The Bertz CT molecular complexity index is 2920. The molecule has 3 heteroatoms. The van der Waals surface area contributed by atoms with Crippen LogP contribution >= 0.6 is 0 Å². The van der Waals surface area contributed by atoms with Crippen LogP contribution in [0.4, 0.5) is 0 Å². The fourth-order valence-electron chi connectivity index (χ4n) is 7.29. The predicted octanol–water partition coefficient (Wildman–Crippen LogP) is 13.0. The number of nitrogens with zero attached hydrogens (tertiary/aromatic N) is 2. The standard InChI is InChI=1S/C48H30N2O/c1-2-13-33(14-3-1)48-49-43(37-24-22-32-12-5-7-16-35(32)26-37)30-44(50-48)40-28-38(36-23-21-31-11-4-6-15-34(31)25-36)27-39(29-40)41-18-10-20-46-47(41)42-17-8-9-19-45(42)51-46/h1-30H. The highest BCUT2D eigenvalue weighted by atomic mass is 16.3. The first-order valence-electron chi connectivity index (χ1n) is 17.2. The van der Waals surface area contributed by atoms with Gasteiger partial charge in [-0.1, -0.05) is 133 Å². The van der Waals surface area contributed by atoms with Crippen molar-refractivity contribution in [2.45, 2.75) is 0 Å². The van der Waals surface area contributed by atoms with Gasteiger partial charge >= 0.3 is 0 Å². The van der Waals surface area contributed by atoms with Gasteiger partial charge in [0, 0.05) is 27.5 Å². The Morgan fingerprint density at radius 3 is 1.71 bits per heavy atom. The van der Waals surface area contributed by atoms with Gasteiger partial charge < -0.3 is 4.42 Å². The van der Waals surface area contributed by atoms with Crippen molar-refractivity contribution in [1.82, 2.24) is 9.97 Å². The second-order valence-electron chi connectivity index (χ2n) is 13.0. The lowest BCUT2D eigenvalue weighted by Crippen LogP contribution is -1.96. The van der Waals surface area contributed by atoms with Crippen molar-refractivity contribution in [3.8, 4) is 56.2 Å². The second-order valence-corrected chi connectivity index (χ2v) is 13.0. The summed E-state index contributed by atoms with van der Waals surface area (Å²) in [6, 6.07) is 64.0. The topological polar surface area (TPSA) is 38.9 Å². The van der Waals surface area contributed by atoms with Crippen LogP contribution < -0.4 is 0 Å². The van der Waals surface area contributed by atoms with E-state index in [2.05, 4.69) is 152 Å². The number of fused-ring (bicyclic) bond motifs is 5. The minimum Gasteiger partial charge on any atom is -0.456 e. The first-order valence-corrected chi connectivity index (χ1v) is 17.2. The lowest BCUT2D eigenvalue weighted by Gasteiger charge is -2.14. The minimum atomic E-state index is 0.692. The van der Waals surface area contributed by atoms with Gasteiger partial charge in [-0.3, -0.25) is 0 Å².